The molecule has 2 aromatic rings. The number of hydrogen-bond acceptors (Lipinski definition) is 5. The molecule has 0 aliphatic carbocycles. The summed E-state index contributed by atoms with van der Waals surface area (Å²) >= 11 is 7.91. The molecule has 1 aromatic heterocycles. The molecular weight excluding hydrogens is 348 g/mol. The number of hydrazine groups is 1. The molecule has 1 saturated heterocycles. The lowest BCUT2D eigenvalue weighted by molar-refractivity contribution is -0.123. The second-order valence-corrected chi connectivity index (χ2v) is 7.49. The number of aryl methyl sites for hydroxylation is 1. The van der Waals surface area contributed by atoms with Crippen LogP contribution < -0.4 is 5.43 Å². The minimum absolute atomic E-state index is 0.311. The molecule has 0 atom stereocenters. The van der Waals surface area contributed by atoms with E-state index >= 15 is 0 Å². The Hall–Kier alpha value is -1.96. The van der Waals surface area contributed by atoms with E-state index in [-0.39, 0.29) is 11.8 Å². The molecule has 0 unspecified atom stereocenters. The summed E-state index contributed by atoms with van der Waals surface area (Å²) in [6.45, 7) is 1.94. The Bertz CT molecular complexity index is 795. The molecule has 0 radical (unpaired) electrons. The average Bonchev–Trinajstić information content (AvgIpc) is 3.12. The number of hydrogen-bond donors (Lipinski definition) is 1. The van der Waals surface area contributed by atoms with Gasteiger partial charge in [0.25, 0.3) is 11.8 Å². The summed E-state index contributed by atoms with van der Waals surface area (Å²) in [4.78, 5) is 26.1. The number of nitrogens with one attached hydrogen (secondary N) is 1. The number of rotatable bonds is 3. The summed E-state index contributed by atoms with van der Waals surface area (Å²) in [6.07, 6.45) is 1.78. The van der Waals surface area contributed by atoms with E-state index in [0.717, 1.165) is 15.4 Å². The number of thioether (sulfide) groups is 1. The fraction of sp³-hybridized carbons (Fsp3) is 0.0625. The zero-order valence-corrected chi connectivity index (χ0v) is 14.6. The Kier molecular flexibility index (Phi) is 4.61. The lowest BCUT2D eigenvalue weighted by atomic mass is 10.1. The molecule has 0 spiro atoms. The van der Waals surface area contributed by atoms with Crippen molar-refractivity contribution in [1.29, 1.82) is 0 Å². The molecule has 4 nitrogen and oxygen atoms in total. The fourth-order valence-electron chi connectivity index (χ4n) is 1.94. The van der Waals surface area contributed by atoms with Gasteiger partial charge < -0.3 is 0 Å². The third kappa shape index (κ3) is 3.52. The molecule has 2 amide bonds. The maximum atomic E-state index is 12.4. The van der Waals surface area contributed by atoms with Crippen LogP contribution in [-0.4, -0.2) is 21.1 Å². The van der Waals surface area contributed by atoms with Crippen LogP contribution in [0, 0.1) is 6.92 Å². The molecule has 7 heteroatoms. The summed E-state index contributed by atoms with van der Waals surface area (Å²) in [5.74, 6) is -0.674. The standard InChI is InChI=1S/C16H12N2O2S3/c1-10-4-6-11(7-5-10)14(19)17-18-15(20)13(23-16(18)21)9-12-3-2-8-22-12/h2-9H,1H3,(H,17,19)/b13-9-. The van der Waals surface area contributed by atoms with E-state index in [2.05, 4.69) is 5.43 Å². The summed E-state index contributed by atoms with van der Waals surface area (Å²) in [5, 5.41) is 3.06. The van der Waals surface area contributed by atoms with Gasteiger partial charge >= 0.3 is 0 Å². The first-order valence-corrected chi connectivity index (χ1v) is 8.84. The van der Waals surface area contributed by atoms with Crippen molar-refractivity contribution in [3.8, 4) is 0 Å². The summed E-state index contributed by atoms with van der Waals surface area (Å²) < 4.78 is 0.318. The molecule has 1 N–H and O–H groups in total. The molecule has 23 heavy (non-hydrogen) atoms. The molecule has 116 valence electrons. The quantitative estimate of drug-likeness (QED) is 0.671. The van der Waals surface area contributed by atoms with Gasteiger partial charge in [0.2, 0.25) is 0 Å². The number of benzene rings is 1. The number of thiophene rings is 1. The van der Waals surface area contributed by atoms with E-state index in [1.54, 1.807) is 18.2 Å². The van der Waals surface area contributed by atoms with Crippen LogP contribution >= 0.6 is 35.3 Å². The minimum Gasteiger partial charge on any atom is -0.267 e. The Balaban J connectivity index is 1.75. The van der Waals surface area contributed by atoms with Crippen LogP contribution in [0.4, 0.5) is 0 Å². The summed E-state index contributed by atoms with van der Waals surface area (Å²) in [7, 11) is 0. The third-order valence-electron chi connectivity index (χ3n) is 3.14. The van der Waals surface area contributed by atoms with Crippen molar-refractivity contribution in [3.63, 3.8) is 0 Å². The molecule has 0 bridgehead atoms. The topological polar surface area (TPSA) is 49.4 Å². The smallest absolute Gasteiger partial charge is 0.267 e. The van der Waals surface area contributed by atoms with Crippen LogP contribution in [0.15, 0.2) is 46.7 Å². The van der Waals surface area contributed by atoms with Gasteiger partial charge in [-0.25, -0.2) is 0 Å². The van der Waals surface area contributed by atoms with Crippen molar-refractivity contribution in [2.24, 2.45) is 0 Å². The largest absolute Gasteiger partial charge is 0.285 e. The van der Waals surface area contributed by atoms with Gasteiger partial charge in [0.05, 0.1) is 4.91 Å². The minimum atomic E-state index is -0.362. The van der Waals surface area contributed by atoms with Crippen molar-refractivity contribution in [2.75, 3.05) is 0 Å². The molecule has 3 rings (SSSR count). The normalized spacial score (nSPS) is 16.2. The summed E-state index contributed by atoms with van der Waals surface area (Å²) in [6, 6.07) is 10.9. The van der Waals surface area contributed by atoms with Gasteiger partial charge in [-0.2, -0.15) is 5.01 Å². The van der Waals surface area contributed by atoms with Crippen molar-refractivity contribution < 1.29 is 9.59 Å². The Morgan fingerprint density at radius 1 is 1.26 bits per heavy atom. The van der Waals surface area contributed by atoms with Crippen molar-refractivity contribution in [3.05, 3.63) is 62.7 Å². The summed E-state index contributed by atoms with van der Waals surface area (Å²) in [5.41, 5.74) is 4.11. The predicted octanol–water partition coefficient (Wildman–Crippen LogP) is 3.60. The predicted molar refractivity (Wildman–Crippen MR) is 98.0 cm³/mol. The van der Waals surface area contributed by atoms with Crippen molar-refractivity contribution >= 4 is 57.5 Å². The van der Waals surface area contributed by atoms with Crippen LogP contribution in [-0.2, 0) is 4.79 Å². The lowest BCUT2D eigenvalue weighted by Crippen LogP contribution is -2.44. The first-order valence-electron chi connectivity index (χ1n) is 6.74. The van der Waals surface area contributed by atoms with Crippen molar-refractivity contribution in [2.45, 2.75) is 6.92 Å². The highest BCUT2D eigenvalue weighted by Gasteiger charge is 2.33. The maximum absolute atomic E-state index is 12.4. The second kappa shape index (κ2) is 6.66. The molecule has 1 aliphatic rings. The Morgan fingerprint density at radius 3 is 2.65 bits per heavy atom. The molecule has 2 heterocycles. The lowest BCUT2D eigenvalue weighted by Gasteiger charge is -2.15. The Labute approximate surface area is 147 Å². The van der Waals surface area contributed by atoms with E-state index < -0.39 is 0 Å². The van der Waals surface area contributed by atoms with E-state index in [1.807, 2.05) is 36.6 Å². The highest BCUT2D eigenvalue weighted by molar-refractivity contribution is 8.26. The molecule has 1 fully saturated rings. The average molecular weight is 360 g/mol. The number of nitrogens with zero attached hydrogens (tertiary/aromatic N) is 1. The first kappa shape index (κ1) is 15.9. The highest BCUT2D eigenvalue weighted by Crippen LogP contribution is 2.32. The maximum Gasteiger partial charge on any atom is 0.285 e. The second-order valence-electron chi connectivity index (χ2n) is 4.84. The van der Waals surface area contributed by atoms with Gasteiger partial charge in [-0.15, -0.1) is 11.3 Å². The van der Waals surface area contributed by atoms with Crippen molar-refractivity contribution in [1.82, 2.24) is 10.4 Å². The van der Waals surface area contributed by atoms with Gasteiger partial charge in [0.1, 0.15) is 0 Å². The van der Waals surface area contributed by atoms with Crippen LogP contribution in [0.2, 0.25) is 0 Å². The van der Waals surface area contributed by atoms with Gasteiger partial charge in [-0.1, -0.05) is 35.5 Å². The monoisotopic (exact) mass is 360 g/mol. The van der Waals surface area contributed by atoms with E-state index in [4.69, 9.17) is 12.2 Å². The van der Waals surface area contributed by atoms with E-state index in [0.29, 0.717) is 14.8 Å². The van der Waals surface area contributed by atoms with Gasteiger partial charge in [0, 0.05) is 10.4 Å². The fourth-order valence-corrected chi connectivity index (χ4v) is 3.84. The molecule has 1 aliphatic heterocycles. The van der Waals surface area contributed by atoms with Crippen LogP contribution in [0.3, 0.4) is 0 Å². The van der Waals surface area contributed by atoms with Crippen LogP contribution in [0.1, 0.15) is 20.8 Å². The highest BCUT2D eigenvalue weighted by atomic mass is 32.2. The van der Waals surface area contributed by atoms with Crippen LogP contribution in [0.25, 0.3) is 6.08 Å². The Morgan fingerprint density at radius 2 is 2.00 bits per heavy atom. The first-order chi connectivity index (χ1) is 11.0. The van der Waals surface area contributed by atoms with Gasteiger partial charge in [-0.05, 0) is 48.8 Å². The number of carbonyl (C=O) groups excluding carboxylic acids is 2. The number of carbonyl (C=O) groups is 2. The molecular formula is C16H12N2O2S3. The zero-order chi connectivity index (χ0) is 16.4. The SMILES string of the molecule is Cc1ccc(C(=O)NN2C(=O)/C(=C/c3cccs3)SC2=S)cc1. The molecule has 0 saturated carbocycles. The number of amides is 2. The van der Waals surface area contributed by atoms with E-state index in [1.165, 1.54) is 23.1 Å². The van der Waals surface area contributed by atoms with E-state index in [9.17, 15) is 9.59 Å². The van der Waals surface area contributed by atoms with Gasteiger partial charge in [0.15, 0.2) is 4.32 Å². The van der Waals surface area contributed by atoms with Crippen LogP contribution in [0.5, 0.6) is 0 Å². The molecule has 1 aromatic carbocycles. The third-order valence-corrected chi connectivity index (χ3v) is 5.26. The number of thiocarbonyl (C=S) groups is 1. The zero-order valence-electron chi connectivity index (χ0n) is 12.1. The van der Waals surface area contributed by atoms with Gasteiger partial charge in [-0.3, -0.25) is 15.0 Å².